The third-order valence-electron chi connectivity index (χ3n) is 3.25. The molecule has 1 aromatic heterocycles. The standard InChI is InChI=1S/C19H14OS/c20-19(18-12-13-21-14-18)11-8-15-6-9-17(10-7-15)16-4-2-1-3-5-16/h1-14H/b11-8+. The van der Waals surface area contributed by atoms with Crippen LogP contribution in [0.2, 0.25) is 0 Å². The number of hydrogen-bond donors (Lipinski definition) is 0. The second-order valence-corrected chi connectivity index (χ2v) is 5.48. The van der Waals surface area contributed by atoms with Gasteiger partial charge >= 0.3 is 0 Å². The van der Waals surface area contributed by atoms with Gasteiger partial charge in [0.15, 0.2) is 5.78 Å². The first-order chi connectivity index (χ1) is 10.3. The summed E-state index contributed by atoms with van der Waals surface area (Å²) < 4.78 is 0. The number of benzene rings is 2. The highest BCUT2D eigenvalue weighted by atomic mass is 32.1. The monoisotopic (exact) mass is 290 g/mol. The largest absolute Gasteiger partial charge is 0.289 e. The molecule has 0 spiro atoms. The molecule has 0 bridgehead atoms. The van der Waals surface area contributed by atoms with Crippen molar-refractivity contribution < 1.29 is 4.79 Å². The van der Waals surface area contributed by atoms with Crippen molar-refractivity contribution in [3.63, 3.8) is 0 Å². The van der Waals surface area contributed by atoms with Crippen LogP contribution in [0.5, 0.6) is 0 Å². The van der Waals surface area contributed by atoms with Gasteiger partial charge in [-0.05, 0) is 34.2 Å². The van der Waals surface area contributed by atoms with Gasteiger partial charge in [-0.15, -0.1) is 0 Å². The van der Waals surface area contributed by atoms with Crippen LogP contribution in [-0.4, -0.2) is 5.78 Å². The van der Waals surface area contributed by atoms with Crippen molar-refractivity contribution in [2.75, 3.05) is 0 Å². The molecule has 0 atom stereocenters. The topological polar surface area (TPSA) is 17.1 Å². The Balaban J connectivity index is 1.74. The first-order valence-electron chi connectivity index (χ1n) is 6.73. The molecule has 0 aliphatic heterocycles. The zero-order valence-electron chi connectivity index (χ0n) is 11.4. The molecule has 2 heteroatoms. The zero-order chi connectivity index (χ0) is 14.5. The minimum Gasteiger partial charge on any atom is -0.289 e. The van der Waals surface area contributed by atoms with Crippen LogP contribution in [-0.2, 0) is 0 Å². The molecule has 102 valence electrons. The Morgan fingerprint density at radius 2 is 1.57 bits per heavy atom. The van der Waals surface area contributed by atoms with Crippen LogP contribution >= 0.6 is 11.3 Å². The summed E-state index contributed by atoms with van der Waals surface area (Å²) in [6.45, 7) is 0. The van der Waals surface area contributed by atoms with E-state index in [9.17, 15) is 4.79 Å². The predicted molar refractivity (Wildman–Crippen MR) is 89.6 cm³/mol. The average molecular weight is 290 g/mol. The van der Waals surface area contributed by atoms with E-state index in [0.717, 1.165) is 11.1 Å². The minimum absolute atomic E-state index is 0.0448. The lowest BCUT2D eigenvalue weighted by molar-refractivity contribution is 0.104. The van der Waals surface area contributed by atoms with E-state index in [2.05, 4.69) is 24.3 Å². The highest BCUT2D eigenvalue weighted by molar-refractivity contribution is 7.08. The van der Waals surface area contributed by atoms with Crippen molar-refractivity contribution >= 4 is 23.2 Å². The van der Waals surface area contributed by atoms with Gasteiger partial charge in [0.2, 0.25) is 0 Å². The fourth-order valence-electron chi connectivity index (χ4n) is 2.09. The lowest BCUT2D eigenvalue weighted by atomic mass is 10.0. The summed E-state index contributed by atoms with van der Waals surface area (Å²) in [5.74, 6) is 0.0448. The average Bonchev–Trinajstić information content (AvgIpc) is 3.08. The number of carbonyl (C=O) groups excluding carboxylic acids is 1. The molecular weight excluding hydrogens is 276 g/mol. The van der Waals surface area contributed by atoms with Crippen LogP contribution in [0, 0.1) is 0 Å². The van der Waals surface area contributed by atoms with Crippen LogP contribution in [0.1, 0.15) is 15.9 Å². The van der Waals surface area contributed by atoms with Crippen molar-refractivity contribution in [1.82, 2.24) is 0 Å². The maximum atomic E-state index is 11.9. The molecule has 21 heavy (non-hydrogen) atoms. The Morgan fingerprint density at radius 3 is 2.24 bits per heavy atom. The smallest absolute Gasteiger partial charge is 0.186 e. The van der Waals surface area contributed by atoms with Crippen molar-refractivity contribution in [1.29, 1.82) is 0 Å². The summed E-state index contributed by atoms with van der Waals surface area (Å²) in [6, 6.07) is 20.3. The molecule has 1 heterocycles. The lowest BCUT2D eigenvalue weighted by Gasteiger charge is -2.01. The fraction of sp³-hybridized carbons (Fsp3) is 0. The first-order valence-corrected chi connectivity index (χ1v) is 7.67. The highest BCUT2D eigenvalue weighted by Gasteiger charge is 2.01. The summed E-state index contributed by atoms with van der Waals surface area (Å²) in [5, 5.41) is 3.78. The summed E-state index contributed by atoms with van der Waals surface area (Å²) in [4.78, 5) is 11.9. The van der Waals surface area contributed by atoms with Crippen molar-refractivity contribution in [2.45, 2.75) is 0 Å². The van der Waals surface area contributed by atoms with Gasteiger partial charge in [-0.1, -0.05) is 60.7 Å². The quantitative estimate of drug-likeness (QED) is 0.470. The molecule has 1 nitrogen and oxygen atoms in total. The molecule has 0 fully saturated rings. The van der Waals surface area contributed by atoms with Crippen LogP contribution in [0.3, 0.4) is 0 Å². The van der Waals surface area contributed by atoms with E-state index < -0.39 is 0 Å². The summed E-state index contributed by atoms with van der Waals surface area (Å²) in [6.07, 6.45) is 3.48. The van der Waals surface area contributed by atoms with Gasteiger partial charge in [0, 0.05) is 10.9 Å². The van der Waals surface area contributed by atoms with E-state index in [1.54, 1.807) is 6.08 Å². The third-order valence-corrected chi connectivity index (χ3v) is 3.93. The molecule has 0 N–H and O–H groups in total. The second kappa shape index (κ2) is 6.33. The van der Waals surface area contributed by atoms with Gasteiger partial charge in [-0.3, -0.25) is 4.79 Å². The summed E-state index contributed by atoms with van der Waals surface area (Å²) >= 11 is 1.53. The van der Waals surface area contributed by atoms with E-state index in [0.29, 0.717) is 0 Å². The Bertz CT molecular complexity index is 738. The Labute approximate surface area is 128 Å². The Kier molecular flexibility index (Phi) is 4.08. The van der Waals surface area contributed by atoms with Crippen LogP contribution in [0.25, 0.3) is 17.2 Å². The SMILES string of the molecule is O=C(/C=C/c1ccc(-c2ccccc2)cc1)c1ccsc1. The number of ketones is 1. The van der Waals surface area contributed by atoms with Crippen molar-refractivity contribution in [3.05, 3.63) is 88.6 Å². The molecule has 0 unspecified atom stereocenters. The normalized spacial score (nSPS) is 10.9. The Hall–Kier alpha value is -2.45. The van der Waals surface area contributed by atoms with Crippen LogP contribution in [0.15, 0.2) is 77.5 Å². The number of thiophene rings is 1. The maximum Gasteiger partial charge on any atom is 0.186 e. The second-order valence-electron chi connectivity index (χ2n) is 4.70. The minimum atomic E-state index is 0.0448. The molecule has 0 aliphatic carbocycles. The van der Waals surface area contributed by atoms with E-state index >= 15 is 0 Å². The van der Waals surface area contributed by atoms with E-state index in [-0.39, 0.29) is 5.78 Å². The van der Waals surface area contributed by atoms with E-state index in [1.165, 1.54) is 22.5 Å². The van der Waals surface area contributed by atoms with Gasteiger partial charge in [0.25, 0.3) is 0 Å². The Morgan fingerprint density at radius 1 is 0.857 bits per heavy atom. The number of hydrogen-bond acceptors (Lipinski definition) is 2. The maximum absolute atomic E-state index is 11.9. The van der Waals surface area contributed by atoms with Crippen LogP contribution < -0.4 is 0 Å². The molecule has 0 amide bonds. The first kappa shape index (κ1) is 13.5. The van der Waals surface area contributed by atoms with Gasteiger partial charge in [0.05, 0.1) is 0 Å². The van der Waals surface area contributed by atoms with Crippen LogP contribution in [0.4, 0.5) is 0 Å². The molecule has 2 aromatic carbocycles. The van der Waals surface area contributed by atoms with Gasteiger partial charge in [-0.2, -0.15) is 11.3 Å². The van der Waals surface area contributed by atoms with Gasteiger partial charge < -0.3 is 0 Å². The zero-order valence-corrected chi connectivity index (χ0v) is 12.2. The summed E-state index contributed by atoms with van der Waals surface area (Å²) in [5.41, 5.74) is 4.15. The number of rotatable bonds is 4. The molecule has 3 rings (SSSR count). The molecule has 3 aromatic rings. The van der Waals surface area contributed by atoms with Gasteiger partial charge in [0.1, 0.15) is 0 Å². The molecule has 0 saturated heterocycles. The van der Waals surface area contributed by atoms with Crippen molar-refractivity contribution in [3.8, 4) is 11.1 Å². The van der Waals surface area contributed by atoms with Crippen molar-refractivity contribution in [2.24, 2.45) is 0 Å². The molecule has 0 saturated carbocycles. The van der Waals surface area contributed by atoms with E-state index in [4.69, 9.17) is 0 Å². The lowest BCUT2D eigenvalue weighted by Crippen LogP contribution is -1.90. The third kappa shape index (κ3) is 3.36. The predicted octanol–water partition coefficient (Wildman–Crippen LogP) is 5.31. The summed E-state index contributed by atoms with van der Waals surface area (Å²) in [7, 11) is 0. The molecule has 0 aliphatic rings. The molecule has 0 radical (unpaired) electrons. The number of carbonyl (C=O) groups is 1. The van der Waals surface area contributed by atoms with Gasteiger partial charge in [-0.25, -0.2) is 0 Å². The fourth-order valence-corrected chi connectivity index (χ4v) is 2.74. The molecular formula is C19H14OS. The highest BCUT2D eigenvalue weighted by Crippen LogP contribution is 2.19. The number of allylic oxidation sites excluding steroid dienone is 1. The van der Waals surface area contributed by atoms with E-state index in [1.807, 2.05) is 53.2 Å².